The van der Waals surface area contributed by atoms with Gasteiger partial charge in [0, 0.05) is 37.8 Å². The lowest BCUT2D eigenvalue weighted by atomic mass is 10.1. The first kappa shape index (κ1) is 14.5. The summed E-state index contributed by atoms with van der Waals surface area (Å²) in [7, 11) is 0. The number of hydrogen-bond donors (Lipinski definition) is 1. The Labute approximate surface area is 127 Å². The van der Waals surface area contributed by atoms with Gasteiger partial charge in [-0.1, -0.05) is 0 Å². The number of nitrogens with zero attached hydrogens (tertiary/aromatic N) is 3. The van der Waals surface area contributed by atoms with Crippen LogP contribution < -0.4 is 0 Å². The van der Waals surface area contributed by atoms with E-state index < -0.39 is 12.0 Å². The number of carbonyl (C=O) groups excluding carboxylic acids is 2. The summed E-state index contributed by atoms with van der Waals surface area (Å²) in [5, 5.41) is 9.13. The third-order valence-corrected chi connectivity index (χ3v) is 5.71. The summed E-state index contributed by atoms with van der Waals surface area (Å²) in [6.07, 6.45) is 1.34. The molecule has 0 saturated carbocycles. The number of thioether (sulfide) groups is 1. The molecular weight excluding hydrogens is 294 g/mol. The molecule has 7 nitrogen and oxygen atoms in total. The topological polar surface area (TPSA) is 81.2 Å². The van der Waals surface area contributed by atoms with Crippen molar-refractivity contribution in [2.24, 2.45) is 0 Å². The van der Waals surface area contributed by atoms with E-state index in [4.69, 9.17) is 0 Å². The molecule has 3 saturated heterocycles. The molecular formula is C13H19N3O4S. The van der Waals surface area contributed by atoms with E-state index in [1.807, 2.05) is 11.8 Å². The summed E-state index contributed by atoms with van der Waals surface area (Å²) in [4.78, 5) is 40.7. The molecule has 3 fully saturated rings. The van der Waals surface area contributed by atoms with Crippen molar-refractivity contribution in [3.8, 4) is 0 Å². The molecule has 21 heavy (non-hydrogen) atoms. The van der Waals surface area contributed by atoms with Crippen LogP contribution in [0.1, 0.15) is 19.8 Å². The summed E-state index contributed by atoms with van der Waals surface area (Å²) < 4.78 is 0. The minimum Gasteiger partial charge on any atom is -0.480 e. The largest absolute Gasteiger partial charge is 0.480 e. The van der Waals surface area contributed by atoms with Crippen molar-refractivity contribution in [3.63, 3.8) is 0 Å². The highest BCUT2D eigenvalue weighted by atomic mass is 32.2. The van der Waals surface area contributed by atoms with Crippen LogP contribution in [0.25, 0.3) is 0 Å². The third-order valence-electron chi connectivity index (χ3n) is 4.49. The first-order valence-corrected chi connectivity index (χ1v) is 8.25. The molecule has 0 radical (unpaired) electrons. The van der Waals surface area contributed by atoms with Crippen molar-refractivity contribution in [3.05, 3.63) is 0 Å². The van der Waals surface area contributed by atoms with Crippen LogP contribution in [0.2, 0.25) is 0 Å². The Hall–Kier alpha value is -1.44. The van der Waals surface area contributed by atoms with Crippen molar-refractivity contribution >= 4 is 29.7 Å². The fourth-order valence-corrected chi connectivity index (χ4v) is 4.49. The number of fused-ring (bicyclic) bond motifs is 1. The summed E-state index contributed by atoms with van der Waals surface area (Å²) in [6, 6.07) is -0.858. The number of amides is 3. The molecule has 0 spiro atoms. The van der Waals surface area contributed by atoms with E-state index >= 15 is 0 Å². The number of rotatable bonds is 1. The van der Waals surface area contributed by atoms with E-state index in [9.17, 15) is 19.5 Å². The molecule has 8 heteroatoms. The van der Waals surface area contributed by atoms with Crippen LogP contribution in [0, 0.1) is 0 Å². The van der Waals surface area contributed by atoms with Gasteiger partial charge in [0.15, 0.2) is 0 Å². The van der Waals surface area contributed by atoms with Crippen LogP contribution in [-0.4, -0.2) is 80.6 Å². The van der Waals surface area contributed by atoms with E-state index in [2.05, 4.69) is 0 Å². The number of urea groups is 1. The molecule has 0 aromatic heterocycles. The predicted molar refractivity (Wildman–Crippen MR) is 76.9 cm³/mol. The van der Waals surface area contributed by atoms with E-state index in [0.717, 1.165) is 6.42 Å². The molecule has 3 aliphatic heterocycles. The van der Waals surface area contributed by atoms with Crippen LogP contribution in [0.3, 0.4) is 0 Å². The molecule has 3 rings (SSSR count). The molecule has 0 aromatic rings. The van der Waals surface area contributed by atoms with Crippen LogP contribution in [0.4, 0.5) is 4.79 Å². The van der Waals surface area contributed by atoms with Crippen molar-refractivity contribution in [1.82, 2.24) is 14.7 Å². The zero-order valence-electron chi connectivity index (χ0n) is 11.9. The standard InChI is InChI=1S/C13H19N3O4S/c1-8-16(10(7-21-8)12(18)19)13(20)14-4-5-15-9(6-14)2-3-11(15)17/h8-10H,2-7H2,1H3,(H,18,19). The fraction of sp³-hybridized carbons (Fsp3) is 0.769. The van der Waals surface area contributed by atoms with E-state index in [0.29, 0.717) is 31.8 Å². The summed E-state index contributed by atoms with van der Waals surface area (Å²) >= 11 is 1.49. The Balaban J connectivity index is 1.70. The molecule has 3 atom stereocenters. The zero-order valence-corrected chi connectivity index (χ0v) is 12.7. The Morgan fingerprint density at radius 3 is 2.81 bits per heavy atom. The van der Waals surface area contributed by atoms with Crippen LogP contribution >= 0.6 is 11.8 Å². The van der Waals surface area contributed by atoms with Gasteiger partial charge in [-0.3, -0.25) is 9.69 Å². The number of carboxylic acid groups (broad SMARTS) is 1. The van der Waals surface area contributed by atoms with Gasteiger partial charge in [0.25, 0.3) is 0 Å². The smallest absolute Gasteiger partial charge is 0.327 e. The van der Waals surface area contributed by atoms with E-state index in [1.54, 1.807) is 4.90 Å². The van der Waals surface area contributed by atoms with Crippen LogP contribution in [-0.2, 0) is 9.59 Å². The Morgan fingerprint density at radius 1 is 1.33 bits per heavy atom. The van der Waals surface area contributed by atoms with Gasteiger partial charge in [0.05, 0.1) is 5.37 Å². The maximum absolute atomic E-state index is 12.7. The van der Waals surface area contributed by atoms with Crippen molar-refractivity contribution < 1.29 is 19.5 Å². The lowest BCUT2D eigenvalue weighted by molar-refractivity contribution is -0.141. The predicted octanol–water partition coefficient (Wildman–Crippen LogP) is 0.261. The van der Waals surface area contributed by atoms with Gasteiger partial charge < -0.3 is 14.9 Å². The van der Waals surface area contributed by atoms with E-state index in [-0.39, 0.29) is 23.4 Å². The second kappa shape index (κ2) is 5.40. The first-order valence-electron chi connectivity index (χ1n) is 7.20. The van der Waals surface area contributed by atoms with Crippen molar-refractivity contribution in [2.75, 3.05) is 25.4 Å². The molecule has 0 aromatic carbocycles. The molecule has 3 amide bonds. The van der Waals surface area contributed by atoms with Gasteiger partial charge in [-0.05, 0) is 13.3 Å². The average molecular weight is 313 g/mol. The summed E-state index contributed by atoms with van der Waals surface area (Å²) in [5.41, 5.74) is 0. The van der Waals surface area contributed by atoms with E-state index in [1.165, 1.54) is 16.7 Å². The molecule has 0 bridgehead atoms. The fourth-order valence-electron chi connectivity index (χ4n) is 3.32. The number of piperazine rings is 1. The quantitative estimate of drug-likeness (QED) is 0.751. The van der Waals surface area contributed by atoms with Gasteiger partial charge in [0.2, 0.25) is 5.91 Å². The lowest BCUT2D eigenvalue weighted by Crippen LogP contribution is -2.58. The highest BCUT2D eigenvalue weighted by molar-refractivity contribution is 8.00. The van der Waals surface area contributed by atoms with Gasteiger partial charge in [-0.25, -0.2) is 9.59 Å². The van der Waals surface area contributed by atoms with Crippen molar-refractivity contribution in [2.45, 2.75) is 37.2 Å². The number of carboxylic acids is 1. The second-order valence-electron chi connectivity index (χ2n) is 5.70. The van der Waals surface area contributed by atoms with Gasteiger partial charge in [-0.2, -0.15) is 0 Å². The SMILES string of the molecule is CC1SCC(C(=O)O)N1C(=O)N1CCN2C(=O)CCC2C1. The maximum atomic E-state index is 12.7. The normalized spacial score (nSPS) is 32.5. The average Bonchev–Trinajstić information content (AvgIpc) is 3.01. The Bertz CT molecular complexity index is 486. The maximum Gasteiger partial charge on any atom is 0.327 e. The summed E-state index contributed by atoms with van der Waals surface area (Å²) in [5.74, 6) is -0.347. The number of hydrogen-bond acceptors (Lipinski definition) is 4. The number of carbonyl (C=O) groups is 3. The minimum absolute atomic E-state index is 0.101. The molecule has 1 N–H and O–H groups in total. The monoisotopic (exact) mass is 313 g/mol. The minimum atomic E-state index is -0.949. The molecule has 116 valence electrons. The lowest BCUT2D eigenvalue weighted by Gasteiger charge is -2.40. The van der Waals surface area contributed by atoms with Gasteiger partial charge in [0.1, 0.15) is 6.04 Å². The van der Waals surface area contributed by atoms with Gasteiger partial charge in [-0.15, -0.1) is 11.8 Å². The number of aliphatic carboxylic acids is 1. The van der Waals surface area contributed by atoms with Crippen LogP contribution in [0.5, 0.6) is 0 Å². The Morgan fingerprint density at radius 2 is 2.10 bits per heavy atom. The molecule has 0 aliphatic carbocycles. The Kier molecular flexibility index (Phi) is 3.73. The summed E-state index contributed by atoms with van der Waals surface area (Å²) in [6.45, 7) is 3.43. The first-order chi connectivity index (χ1) is 9.99. The molecule has 3 heterocycles. The van der Waals surface area contributed by atoms with Crippen molar-refractivity contribution in [1.29, 1.82) is 0 Å². The zero-order chi connectivity index (χ0) is 15.1. The van der Waals surface area contributed by atoms with Gasteiger partial charge >= 0.3 is 12.0 Å². The second-order valence-corrected chi connectivity index (χ2v) is 7.05. The van der Waals surface area contributed by atoms with Crippen LogP contribution in [0.15, 0.2) is 0 Å². The highest BCUT2D eigenvalue weighted by Gasteiger charge is 2.44. The third kappa shape index (κ3) is 2.45. The molecule has 3 aliphatic rings. The molecule has 3 unspecified atom stereocenters. The highest BCUT2D eigenvalue weighted by Crippen LogP contribution is 2.31.